The van der Waals surface area contributed by atoms with Crippen molar-refractivity contribution < 1.29 is 0 Å². The average Bonchev–Trinajstić information content (AvgIpc) is 2.74. The number of aromatic amines is 1. The van der Waals surface area contributed by atoms with Crippen molar-refractivity contribution in [3.05, 3.63) is 39.9 Å². The minimum absolute atomic E-state index is 1.03. The molecule has 0 unspecified atom stereocenters. The van der Waals surface area contributed by atoms with E-state index >= 15 is 0 Å². The van der Waals surface area contributed by atoms with E-state index in [4.69, 9.17) is 0 Å². The first-order valence-corrected chi connectivity index (χ1v) is 5.74. The van der Waals surface area contributed by atoms with Crippen LogP contribution >= 0.6 is 0 Å². The summed E-state index contributed by atoms with van der Waals surface area (Å²) in [5.74, 6) is 0. The summed E-state index contributed by atoms with van der Waals surface area (Å²) in [6, 6.07) is 0. The van der Waals surface area contributed by atoms with Gasteiger partial charge in [-0.3, -0.25) is 4.99 Å². The molecule has 0 spiro atoms. The molecule has 0 saturated carbocycles. The molecule has 0 fully saturated rings. The zero-order chi connectivity index (χ0) is 11.7. The summed E-state index contributed by atoms with van der Waals surface area (Å²) in [7, 11) is 0. The number of aryl methyl sites for hydroxylation is 1. The molecule has 0 aromatic carbocycles. The third kappa shape index (κ3) is 1.87. The Hall–Kier alpha value is -1.57. The maximum Gasteiger partial charge on any atom is 0.0653 e. The molecule has 0 bridgehead atoms. The minimum atomic E-state index is 1.03. The van der Waals surface area contributed by atoms with Crippen LogP contribution < -0.4 is 0 Å². The number of H-pyrrole nitrogens is 1. The highest BCUT2D eigenvalue weighted by molar-refractivity contribution is 5.85. The van der Waals surface area contributed by atoms with Crippen molar-refractivity contribution in [3.8, 4) is 0 Å². The van der Waals surface area contributed by atoms with E-state index in [0.717, 1.165) is 12.1 Å². The molecular formula is C14H18N2. The smallest absolute Gasteiger partial charge is 0.0653 e. The Morgan fingerprint density at radius 1 is 1.31 bits per heavy atom. The Labute approximate surface area is 96.8 Å². The summed E-state index contributed by atoms with van der Waals surface area (Å²) in [6.45, 7) is 8.56. The lowest BCUT2D eigenvalue weighted by atomic mass is 10.1. The summed E-state index contributed by atoms with van der Waals surface area (Å²) in [5, 5.41) is 0. The van der Waals surface area contributed by atoms with Crippen LogP contribution in [0.2, 0.25) is 0 Å². The van der Waals surface area contributed by atoms with Crippen LogP contribution in [0.4, 0.5) is 0 Å². The standard InChI is InChI=1S/C14H18N2/c1-5-13-10(3)14(16-11(13)4)7-12-6-9(2)8-15-12/h6-8,16H,5H2,1-4H3. The van der Waals surface area contributed by atoms with Gasteiger partial charge in [-0.25, -0.2) is 0 Å². The van der Waals surface area contributed by atoms with E-state index in [-0.39, 0.29) is 0 Å². The monoisotopic (exact) mass is 214 g/mol. The lowest BCUT2D eigenvalue weighted by molar-refractivity contribution is 1.08. The summed E-state index contributed by atoms with van der Waals surface area (Å²) in [4.78, 5) is 7.77. The molecule has 1 aliphatic heterocycles. The van der Waals surface area contributed by atoms with E-state index in [1.165, 1.54) is 28.1 Å². The van der Waals surface area contributed by atoms with Crippen LogP contribution in [0.3, 0.4) is 0 Å². The number of nitrogens with one attached hydrogen (secondary N) is 1. The maximum absolute atomic E-state index is 4.34. The van der Waals surface area contributed by atoms with Gasteiger partial charge in [0.2, 0.25) is 0 Å². The van der Waals surface area contributed by atoms with Crippen LogP contribution in [0, 0.1) is 13.8 Å². The van der Waals surface area contributed by atoms with Gasteiger partial charge in [0.15, 0.2) is 0 Å². The number of hydrogen-bond acceptors (Lipinski definition) is 1. The van der Waals surface area contributed by atoms with Crippen LogP contribution in [-0.2, 0) is 6.42 Å². The predicted octanol–water partition coefficient (Wildman–Crippen LogP) is 3.57. The molecule has 0 saturated heterocycles. The topological polar surface area (TPSA) is 28.1 Å². The molecule has 2 rings (SSSR count). The van der Waals surface area contributed by atoms with Crippen LogP contribution in [-0.4, -0.2) is 11.2 Å². The van der Waals surface area contributed by atoms with E-state index in [2.05, 4.69) is 49.8 Å². The molecular weight excluding hydrogens is 196 g/mol. The van der Waals surface area contributed by atoms with Crippen molar-refractivity contribution in [2.45, 2.75) is 34.1 Å². The highest BCUT2D eigenvalue weighted by Crippen LogP contribution is 2.22. The summed E-state index contributed by atoms with van der Waals surface area (Å²) in [5.41, 5.74) is 7.48. The van der Waals surface area contributed by atoms with E-state index in [9.17, 15) is 0 Å². The van der Waals surface area contributed by atoms with Crippen molar-refractivity contribution in [1.82, 2.24) is 4.98 Å². The first-order chi connectivity index (χ1) is 7.61. The fourth-order valence-corrected chi connectivity index (χ4v) is 2.20. The average molecular weight is 214 g/mol. The maximum atomic E-state index is 4.34. The van der Waals surface area contributed by atoms with Gasteiger partial charge in [-0.05, 0) is 56.0 Å². The summed E-state index contributed by atoms with van der Waals surface area (Å²) < 4.78 is 0. The van der Waals surface area contributed by atoms with E-state index < -0.39 is 0 Å². The van der Waals surface area contributed by atoms with E-state index in [1.54, 1.807) is 0 Å². The Kier molecular flexibility index (Phi) is 2.82. The van der Waals surface area contributed by atoms with Gasteiger partial charge in [0, 0.05) is 17.6 Å². The second-order valence-electron chi connectivity index (χ2n) is 4.34. The molecule has 0 amide bonds. The minimum Gasteiger partial charge on any atom is -0.359 e. The number of rotatable bonds is 2. The van der Waals surface area contributed by atoms with Gasteiger partial charge in [0.1, 0.15) is 0 Å². The molecule has 1 aromatic rings. The van der Waals surface area contributed by atoms with Crippen LogP contribution in [0.1, 0.15) is 36.4 Å². The zero-order valence-electron chi connectivity index (χ0n) is 10.4. The number of aromatic nitrogens is 1. The molecule has 16 heavy (non-hydrogen) atoms. The van der Waals surface area contributed by atoms with E-state index in [1.807, 2.05) is 6.21 Å². The Morgan fingerprint density at radius 3 is 2.56 bits per heavy atom. The van der Waals surface area contributed by atoms with Gasteiger partial charge < -0.3 is 4.98 Å². The van der Waals surface area contributed by atoms with Crippen molar-refractivity contribution >= 4 is 12.3 Å². The van der Waals surface area contributed by atoms with Gasteiger partial charge in [-0.2, -0.15) is 0 Å². The first kappa shape index (κ1) is 10.9. The first-order valence-electron chi connectivity index (χ1n) is 5.74. The predicted molar refractivity (Wildman–Crippen MR) is 69.9 cm³/mol. The molecule has 1 aromatic heterocycles. The summed E-state index contributed by atoms with van der Waals surface area (Å²) in [6.07, 6.45) is 7.20. The molecule has 0 radical (unpaired) electrons. The van der Waals surface area contributed by atoms with Gasteiger partial charge in [-0.15, -0.1) is 0 Å². The highest BCUT2D eigenvalue weighted by Gasteiger charge is 2.09. The normalized spacial score (nSPS) is 17.2. The summed E-state index contributed by atoms with van der Waals surface area (Å²) >= 11 is 0. The second kappa shape index (κ2) is 4.12. The molecule has 1 N–H and O–H groups in total. The van der Waals surface area contributed by atoms with Crippen LogP contribution in [0.15, 0.2) is 22.3 Å². The Balaban J connectivity index is 2.40. The Morgan fingerprint density at radius 2 is 2.06 bits per heavy atom. The molecule has 2 heteroatoms. The largest absolute Gasteiger partial charge is 0.359 e. The zero-order valence-corrected chi connectivity index (χ0v) is 10.4. The van der Waals surface area contributed by atoms with Crippen LogP contribution in [0.5, 0.6) is 0 Å². The Bertz CT molecular complexity index is 499. The molecule has 2 heterocycles. The van der Waals surface area contributed by atoms with Gasteiger partial charge >= 0.3 is 0 Å². The number of nitrogens with zero attached hydrogens (tertiary/aromatic N) is 1. The van der Waals surface area contributed by atoms with Gasteiger partial charge in [-0.1, -0.05) is 6.92 Å². The third-order valence-electron chi connectivity index (χ3n) is 3.07. The quantitative estimate of drug-likeness (QED) is 0.779. The fraction of sp³-hybridized carbons (Fsp3) is 0.357. The SMILES string of the molecule is CCc1c(C)[nH]c(C=C2C=C(C)C=N2)c1C. The van der Waals surface area contributed by atoms with Crippen molar-refractivity contribution in [2.75, 3.05) is 0 Å². The molecule has 0 atom stereocenters. The van der Waals surface area contributed by atoms with Gasteiger partial charge in [0.05, 0.1) is 5.70 Å². The number of allylic oxidation sites excluding steroid dienone is 2. The highest BCUT2D eigenvalue weighted by atomic mass is 14.8. The number of hydrogen-bond donors (Lipinski definition) is 1. The molecule has 2 nitrogen and oxygen atoms in total. The third-order valence-corrected chi connectivity index (χ3v) is 3.07. The van der Waals surface area contributed by atoms with Crippen LogP contribution in [0.25, 0.3) is 6.08 Å². The van der Waals surface area contributed by atoms with Crippen molar-refractivity contribution in [3.63, 3.8) is 0 Å². The van der Waals surface area contributed by atoms with E-state index in [0.29, 0.717) is 0 Å². The number of aliphatic imine (C=N–C) groups is 1. The van der Waals surface area contributed by atoms with Crippen molar-refractivity contribution in [1.29, 1.82) is 0 Å². The fourth-order valence-electron chi connectivity index (χ4n) is 2.20. The second-order valence-corrected chi connectivity index (χ2v) is 4.34. The molecule has 84 valence electrons. The lowest BCUT2D eigenvalue weighted by Gasteiger charge is -1.96. The van der Waals surface area contributed by atoms with Gasteiger partial charge in [0.25, 0.3) is 0 Å². The lowest BCUT2D eigenvalue weighted by Crippen LogP contribution is -1.83. The molecule has 1 aliphatic rings. The molecule has 0 aliphatic carbocycles. The van der Waals surface area contributed by atoms with Crippen molar-refractivity contribution in [2.24, 2.45) is 4.99 Å².